The van der Waals surface area contributed by atoms with Gasteiger partial charge in [-0.15, -0.1) is 0 Å². The van der Waals surface area contributed by atoms with Crippen LogP contribution in [0.25, 0.3) is 0 Å². The minimum atomic E-state index is -1.25. The van der Waals surface area contributed by atoms with Gasteiger partial charge in [-0.05, 0) is 12.8 Å². The first-order chi connectivity index (χ1) is 23.0. The molecule has 0 fully saturated rings. The topological polar surface area (TPSA) is 110 Å². The van der Waals surface area contributed by atoms with Crippen molar-refractivity contribution in [2.45, 2.75) is 250 Å². The fourth-order valence-electron chi connectivity index (χ4n) is 6.70. The molecule has 0 aromatic carbocycles. The van der Waals surface area contributed by atoms with Crippen LogP contribution >= 0.6 is 0 Å². The number of aliphatic hydroxyl groups excluding tert-OH is 4. The quantitative estimate of drug-likeness (QED) is 0.0420. The van der Waals surface area contributed by atoms with Crippen LogP contribution in [0.4, 0.5) is 0 Å². The monoisotopic (exact) mass is 670 g/mol. The van der Waals surface area contributed by atoms with Gasteiger partial charge in [0.2, 0.25) is 5.91 Å². The summed E-state index contributed by atoms with van der Waals surface area (Å²) in [6.07, 6.45) is 37.0. The second-order valence-corrected chi connectivity index (χ2v) is 14.7. The van der Waals surface area contributed by atoms with Crippen LogP contribution in [-0.2, 0) is 4.79 Å². The van der Waals surface area contributed by atoms with E-state index < -0.39 is 36.9 Å². The van der Waals surface area contributed by atoms with E-state index in [9.17, 15) is 25.2 Å². The molecule has 0 spiro atoms. The summed E-state index contributed by atoms with van der Waals surface area (Å²) in [4.78, 5) is 12.5. The van der Waals surface area contributed by atoms with Crippen molar-refractivity contribution in [2.75, 3.05) is 6.61 Å². The lowest BCUT2D eigenvalue weighted by Crippen LogP contribution is -2.53. The molecule has 1 unspecified atom stereocenters. The van der Waals surface area contributed by atoms with Crippen LogP contribution in [-0.4, -0.2) is 57.3 Å². The van der Waals surface area contributed by atoms with Gasteiger partial charge in [-0.3, -0.25) is 4.79 Å². The number of amides is 1. The van der Waals surface area contributed by atoms with Crippen LogP contribution in [0.1, 0.15) is 226 Å². The third-order valence-electron chi connectivity index (χ3n) is 10.1. The lowest BCUT2D eigenvalue weighted by molar-refractivity contribution is -0.132. The first-order valence-corrected chi connectivity index (χ1v) is 20.9. The first-order valence-electron chi connectivity index (χ1n) is 20.9. The standard InChI is InChI=1S/C41H83NO5/c1-3-5-7-9-11-13-15-17-18-19-20-21-22-23-25-27-29-31-33-35-39(45)41(47)42-37(36-43)40(46)38(44)34-32-30-28-26-24-16-14-12-10-8-6-4-2/h37-40,43-46H,3-36H2,1-2H3,(H,42,47)/t37-,38?,39-,40+/m1/s1. The Morgan fingerprint density at radius 3 is 1.02 bits per heavy atom. The smallest absolute Gasteiger partial charge is 0.249 e. The summed E-state index contributed by atoms with van der Waals surface area (Å²) < 4.78 is 0. The van der Waals surface area contributed by atoms with Crippen LogP contribution in [0.3, 0.4) is 0 Å². The summed E-state index contributed by atoms with van der Waals surface area (Å²) >= 11 is 0. The molecule has 282 valence electrons. The zero-order valence-corrected chi connectivity index (χ0v) is 31.5. The number of rotatable bonds is 38. The highest BCUT2D eigenvalue weighted by Crippen LogP contribution is 2.17. The van der Waals surface area contributed by atoms with Gasteiger partial charge in [0.05, 0.1) is 18.8 Å². The van der Waals surface area contributed by atoms with Gasteiger partial charge in [0.15, 0.2) is 0 Å². The van der Waals surface area contributed by atoms with Crippen LogP contribution in [0, 0.1) is 0 Å². The predicted octanol–water partition coefficient (Wildman–Crippen LogP) is 10.5. The van der Waals surface area contributed by atoms with Crippen LogP contribution < -0.4 is 5.32 Å². The molecule has 6 nitrogen and oxygen atoms in total. The van der Waals surface area contributed by atoms with E-state index in [2.05, 4.69) is 19.2 Å². The molecule has 47 heavy (non-hydrogen) atoms. The molecular weight excluding hydrogens is 586 g/mol. The molecular formula is C41H83NO5. The van der Waals surface area contributed by atoms with Crippen molar-refractivity contribution in [1.82, 2.24) is 5.32 Å². The number of carbonyl (C=O) groups is 1. The highest BCUT2D eigenvalue weighted by Gasteiger charge is 2.28. The SMILES string of the molecule is CCCCCCCCCCCCCCCCCCCCC[C@@H](O)C(=O)N[C@H](CO)[C@H](O)C(O)CCCCCCCCCCCCCC. The van der Waals surface area contributed by atoms with E-state index in [-0.39, 0.29) is 0 Å². The third-order valence-corrected chi connectivity index (χ3v) is 10.1. The number of aliphatic hydroxyl groups is 4. The normalized spacial score (nSPS) is 14.3. The van der Waals surface area contributed by atoms with Gasteiger partial charge in [0.1, 0.15) is 12.2 Å². The highest BCUT2D eigenvalue weighted by atomic mass is 16.3. The molecule has 0 aliphatic rings. The van der Waals surface area contributed by atoms with E-state index in [1.54, 1.807) is 0 Å². The average Bonchev–Trinajstić information content (AvgIpc) is 3.07. The maximum atomic E-state index is 12.5. The zero-order valence-electron chi connectivity index (χ0n) is 31.5. The summed E-state index contributed by atoms with van der Waals surface area (Å²) in [5.74, 6) is -0.580. The number of hydrogen-bond donors (Lipinski definition) is 5. The Hall–Kier alpha value is -0.690. The molecule has 0 radical (unpaired) electrons. The van der Waals surface area contributed by atoms with E-state index in [0.717, 1.165) is 38.5 Å². The van der Waals surface area contributed by atoms with E-state index in [1.807, 2.05) is 0 Å². The Morgan fingerprint density at radius 2 is 0.723 bits per heavy atom. The fraction of sp³-hybridized carbons (Fsp3) is 0.976. The molecule has 0 rings (SSSR count). The van der Waals surface area contributed by atoms with Gasteiger partial charge in [-0.2, -0.15) is 0 Å². The second kappa shape index (κ2) is 36.6. The molecule has 0 aromatic rings. The maximum absolute atomic E-state index is 12.5. The maximum Gasteiger partial charge on any atom is 0.249 e. The van der Waals surface area contributed by atoms with Crippen LogP contribution in [0.2, 0.25) is 0 Å². The molecule has 0 aromatic heterocycles. The minimum Gasteiger partial charge on any atom is -0.394 e. The first kappa shape index (κ1) is 46.3. The van der Waals surface area contributed by atoms with Gasteiger partial charge >= 0.3 is 0 Å². The Bertz CT molecular complexity index is 633. The van der Waals surface area contributed by atoms with Gasteiger partial charge in [0, 0.05) is 0 Å². The minimum absolute atomic E-state index is 0.375. The molecule has 6 heteroatoms. The zero-order chi connectivity index (χ0) is 34.6. The van der Waals surface area contributed by atoms with Crippen molar-refractivity contribution < 1.29 is 25.2 Å². The lowest BCUT2D eigenvalue weighted by atomic mass is 9.99. The number of hydrogen-bond acceptors (Lipinski definition) is 5. The lowest BCUT2D eigenvalue weighted by Gasteiger charge is -2.27. The molecule has 5 N–H and O–H groups in total. The van der Waals surface area contributed by atoms with Gasteiger partial charge < -0.3 is 25.7 Å². The number of carbonyl (C=O) groups excluding carboxylic acids is 1. The van der Waals surface area contributed by atoms with Crippen molar-refractivity contribution in [1.29, 1.82) is 0 Å². The number of unbranched alkanes of at least 4 members (excludes halogenated alkanes) is 29. The molecule has 4 atom stereocenters. The Balaban J connectivity index is 3.70. The van der Waals surface area contributed by atoms with E-state index in [4.69, 9.17) is 0 Å². The molecule has 0 heterocycles. The molecule has 0 saturated carbocycles. The summed E-state index contributed by atoms with van der Waals surface area (Å²) in [5, 5.41) is 43.6. The molecule has 1 amide bonds. The van der Waals surface area contributed by atoms with E-state index in [0.29, 0.717) is 12.8 Å². The highest BCUT2D eigenvalue weighted by molar-refractivity contribution is 5.80. The molecule has 0 aliphatic heterocycles. The largest absolute Gasteiger partial charge is 0.394 e. The summed E-state index contributed by atoms with van der Waals surface area (Å²) in [5.41, 5.74) is 0. The molecule has 0 bridgehead atoms. The Labute approximate surface area is 292 Å². The summed E-state index contributed by atoms with van der Waals surface area (Å²) in [7, 11) is 0. The third kappa shape index (κ3) is 31.1. The predicted molar refractivity (Wildman–Crippen MR) is 201 cm³/mol. The van der Waals surface area contributed by atoms with Gasteiger partial charge in [-0.25, -0.2) is 0 Å². The second-order valence-electron chi connectivity index (χ2n) is 14.7. The number of nitrogens with one attached hydrogen (secondary N) is 1. The summed E-state index contributed by atoms with van der Waals surface area (Å²) in [6.45, 7) is 4.05. The fourth-order valence-corrected chi connectivity index (χ4v) is 6.70. The molecule has 0 aliphatic carbocycles. The summed E-state index contributed by atoms with van der Waals surface area (Å²) in [6, 6.07) is -0.977. The van der Waals surface area contributed by atoms with E-state index >= 15 is 0 Å². The Morgan fingerprint density at radius 1 is 0.447 bits per heavy atom. The van der Waals surface area contributed by atoms with Crippen molar-refractivity contribution in [2.24, 2.45) is 0 Å². The van der Waals surface area contributed by atoms with Crippen LogP contribution in [0.15, 0.2) is 0 Å². The van der Waals surface area contributed by atoms with Crippen LogP contribution in [0.5, 0.6) is 0 Å². The average molecular weight is 670 g/mol. The Kier molecular flexibility index (Phi) is 36.0. The van der Waals surface area contributed by atoms with Gasteiger partial charge in [-0.1, -0.05) is 213 Å². The van der Waals surface area contributed by atoms with Crippen molar-refractivity contribution in [3.8, 4) is 0 Å². The van der Waals surface area contributed by atoms with E-state index in [1.165, 1.54) is 161 Å². The van der Waals surface area contributed by atoms with Gasteiger partial charge in [0.25, 0.3) is 0 Å². The van der Waals surface area contributed by atoms with Crippen molar-refractivity contribution in [3.05, 3.63) is 0 Å². The van der Waals surface area contributed by atoms with Crippen molar-refractivity contribution >= 4 is 5.91 Å². The molecule has 0 saturated heterocycles. The van der Waals surface area contributed by atoms with Crippen molar-refractivity contribution in [3.63, 3.8) is 0 Å².